The summed E-state index contributed by atoms with van der Waals surface area (Å²) < 4.78 is 16.3. The summed E-state index contributed by atoms with van der Waals surface area (Å²) in [5, 5.41) is 12.0. The summed E-state index contributed by atoms with van der Waals surface area (Å²) in [4.78, 5) is 26.8. The second kappa shape index (κ2) is 11.5. The molecule has 0 aromatic heterocycles. The van der Waals surface area contributed by atoms with E-state index < -0.39 is 24.1 Å². The molecule has 2 unspecified atom stereocenters. The smallest absolute Gasteiger partial charge is 0.410 e. The molecule has 1 aliphatic rings. The molecule has 0 bridgehead atoms. The second-order valence-corrected chi connectivity index (χ2v) is 8.43. The predicted molar refractivity (Wildman–Crippen MR) is 110 cm³/mol. The number of carbonyl (C=O) groups is 2. The zero-order valence-electron chi connectivity index (χ0n) is 17.9. The summed E-state index contributed by atoms with van der Waals surface area (Å²) in [6, 6.07) is 10.8. The van der Waals surface area contributed by atoms with Crippen molar-refractivity contribution in [1.82, 2.24) is 10.2 Å². The van der Waals surface area contributed by atoms with Gasteiger partial charge in [-0.05, 0) is 17.4 Å². The van der Waals surface area contributed by atoms with Crippen molar-refractivity contribution in [1.29, 1.82) is 5.26 Å². The molecule has 0 saturated carbocycles. The fraction of sp³-hybridized carbons (Fsp3) is 0.591. The molecule has 1 fully saturated rings. The molecular formula is C22H31N3O5. The standard InChI is InChI=1S/C22H31N3O5/c1-22(2,3)13-19(30-21(27)25-9-11-28-12-10-25)20(26)24-18(14-23)16-29-15-17-7-5-4-6-8-17/h4-8,18-19H,9-13,15-16H2,1-3H3,(H,24,26). The molecular weight excluding hydrogens is 386 g/mol. The number of hydrogen-bond donors (Lipinski definition) is 1. The first-order valence-electron chi connectivity index (χ1n) is 10.1. The Kier molecular flexibility index (Phi) is 9.09. The summed E-state index contributed by atoms with van der Waals surface area (Å²) >= 11 is 0. The molecule has 0 radical (unpaired) electrons. The Balaban J connectivity index is 1.92. The minimum Gasteiger partial charge on any atom is -0.436 e. The van der Waals surface area contributed by atoms with Gasteiger partial charge in [-0.2, -0.15) is 5.26 Å². The number of nitrogens with zero attached hydrogens (tertiary/aromatic N) is 2. The van der Waals surface area contributed by atoms with Crippen LogP contribution >= 0.6 is 0 Å². The number of benzene rings is 1. The topological polar surface area (TPSA) is 101 Å². The Labute approximate surface area is 178 Å². The minimum atomic E-state index is -0.995. The summed E-state index contributed by atoms with van der Waals surface area (Å²) in [5.41, 5.74) is 0.727. The van der Waals surface area contributed by atoms with Gasteiger partial charge in [0.15, 0.2) is 6.10 Å². The van der Waals surface area contributed by atoms with Crippen LogP contribution in [0, 0.1) is 16.7 Å². The highest BCUT2D eigenvalue weighted by molar-refractivity contribution is 5.84. The molecule has 1 N–H and O–H groups in total. The SMILES string of the molecule is CC(C)(C)CC(OC(=O)N1CCOCC1)C(=O)NC(C#N)COCc1ccccc1. The Bertz CT molecular complexity index is 721. The fourth-order valence-electron chi connectivity index (χ4n) is 2.93. The van der Waals surface area contributed by atoms with E-state index in [0.717, 1.165) is 5.56 Å². The first-order chi connectivity index (χ1) is 14.3. The van der Waals surface area contributed by atoms with Crippen molar-refractivity contribution in [3.63, 3.8) is 0 Å². The molecule has 1 saturated heterocycles. The lowest BCUT2D eigenvalue weighted by molar-refractivity contribution is -0.132. The van der Waals surface area contributed by atoms with Gasteiger partial charge in [-0.15, -0.1) is 0 Å². The molecule has 8 heteroatoms. The fourth-order valence-corrected chi connectivity index (χ4v) is 2.93. The van der Waals surface area contributed by atoms with E-state index in [2.05, 4.69) is 5.32 Å². The molecule has 2 rings (SSSR count). The van der Waals surface area contributed by atoms with E-state index in [-0.39, 0.29) is 12.0 Å². The number of ether oxygens (including phenoxy) is 3. The molecule has 1 aromatic carbocycles. The molecule has 1 aromatic rings. The van der Waals surface area contributed by atoms with Gasteiger partial charge in [0.05, 0.1) is 32.5 Å². The summed E-state index contributed by atoms with van der Waals surface area (Å²) in [6.07, 6.45) is -1.21. The van der Waals surface area contributed by atoms with Crippen LogP contribution in [-0.2, 0) is 25.6 Å². The molecule has 0 aliphatic carbocycles. The van der Waals surface area contributed by atoms with Crippen LogP contribution in [0.1, 0.15) is 32.8 Å². The number of rotatable bonds is 8. The van der Waals surface area contributed by atoms with Gasteiger partial charge in [0.1, 0.15) is 6.04 Å². The van der Waals surface area contributed by atoms with E-state index in [1.54, 1.807) is 0 Å². The van der Waals surface area contributed by atoms with Crippen molar-refractivity contribution in [3.8, 4) is 6.07 Å². The number of carbonyl (C=O) groups excluding carboxylic acids is 2. The van der Waals surface area contributed by atoms with E-state index in [1.165, 1.54) is 4.90 Å². The van der Waals surface area contributed by atoms with Gasteiger partial charge < -0.3 is 24.4 Å². The van der Waals surface area contributed by atoms with Crippen molar-refractivity contribution in [2.75, 3.05) is 32.9 Å². The van der Waals surface area contributed by atoms with E-state index in [1.807, 2.05) is 57.2 Å². The van der Waals surface area contributed by atoms with Gasteiger partial charge in [0, 0.05) is 13.1 Å². The highest BCUT2D eigenvalue weighted by Gasteiger charge is 2.31. The quantitative estimate of drug-likeness (QED) is 0.697. The third-order valence-corrected chi connectivity index (χ3v) is 4.47. The van der Waals surface area contributed by atoms with E-state index in [4.69, 9.17) is 14.2 Å². The Morgan fingerprint density at radius 1 is 1.23 bits per heavy atom. The molecule has 2 amide bonds. The van der Waals surface area contributed by atoms with Crippen molar-refractivity contribution >= 4 is 12.0 Å². The van der Waals surface area contributed by atoms with E-state index in [0.29, 0.717) is 39.3 Å². The summed E-state index contributed by atoms with van der Waals surface area (Å²) in [5.74, 6) is -0.499. The first kappa shape index (κ1) is 23.6. The van der Waals surface area contributed by atoms with Crippen LogP contribution in [0.3, 0.4) is 0 Å². The van der Waals surface area contributed by atoms with E-state index >= 15 is 0 Å². The number of nitrogens with one attached hydrogen (secondary N) is 1. The molecule has 164 valence electrons. The van der Waals surface area contributed by atoms with Crippen molar-refractivity contribution < 1.29 is 23.8 Å². The summed E-state index contributed by atoms with van der Waals surface area (Å²) in [6.45, 7) is 8.00. The van der Waals surface area contributed by atoms with Gasteiger partial charge in [-0.25, -0.2) is 4.79 Å². The Morgan fingerprint density at radius 2 is 1.90 bits per heavy atom. The zero-order chi connectivity index (χ0) is 22.0. The van der Waals surface area contributed by atoms with E-state index in [9.17, 15) is 14.9 Å². The number of nitriles is 1. The number of amides is 2. The van der Waals surface area contributed by atoms with Crippen LogP contribution in [-0.4, -0.2) is 62.0 Å². The van der Waals surface area contributed by atoms with Gasteiger partial charge in [-0.1, -0.05) is 51.1 Å². The maximum atomic E-state index is 12.8. The molecule has 30 heavy (non-hydrogen) atoms. The third-order valence-electron chi connectivity index (χ3n) is 4.47. The molecule has 1 heterocycles. The largest absolute Gasteiger partial charge is 0.436 e. The minimum absolute atomic E-state index is 0.0385. The van der Waals surface area contributed by atoms with Crippen molar-refractivity contribution in [3.05, 3.63) is 35.9 Å². The lowest BCUT2D eigenvalue weighted by atomic mass is 9.89. The van der Waals surface area contributed by atoms with Crippen LogP contribution < -0.4 is 5.32 Å². The highest BCUT2D eigenvalue weighted by atomic mass is 16.6. The highest BCUT2D eigenvalue weighted by Crippen LogP contribution is 2.23. The lowest BCUT2D eigenvalue weighted by Gasteiger charge is -2.30. The van der Waals surface area contributed by atoms with Crippen LogP contribution in [0.5, 0.6) is 0 Å². The van der Waals surface area contributed by atoms with Crippen LogP contribution in [0.4, 0.5) is 4.79 Å². The van der Waals surface area contributed by atoms with Gasteiger partial charge in [0.25, 0.3) is 5.91 Å². The van der Waals surface area contributed by atoms with Gasteiger partial charge in [-0.3, -0.25) is 4.79 Å². The first-order valence-corrected chi connectivity index (χ1v) is 10.1. The Morgan fingerprint density at radius 3 is 2.50 bits per heavy atom. The predicted octanol–water partition coefficient (Wildman–Crippen LogP) is 2.49. The Hall–Kier alpha value is -2.63. The lowest BCUT2D eigenvalue weighted by Crippen LogP contribution is -2.48. The van der Waals surface area contributed by atoms with Crippen molar-refractivity contribution in [2.45, 2.75) is 45.9 Å². The van der Waals surface area contributed by atoms with Gasteiger partial charge >= 0.3 is 6.09 Å². The molecule has 1 aliphatic heterocycles. The average molecular weight is 418 g/mol. The maximum Gasteiger partial charge on any atom is 0.410 e. The molecule has 2 atom stereocenters. The van der Waals surface area contributed by atoms with Gasteiger partial charge in [0.2, 0.25) is 0 Å². The normalized spacial score (nSPS) is 16.3. The number of morpholine rings is 1. The van der Waals surface area contributed by atoms with Crippen LogP contribution in [0.15, 0.2) is 30.3 Å². The maximum absolute atomic E-state index is 12.8. The van der Waals surface area contributed by atoms with Crippen LogP contribution in [0.2, 0.25) is 0 Å². The van der Waals surface area contributed by atoms with Crippen molar-refractivity contribution in [2.24, 2.45) is 5.41 Å². The average Bonchev–Trinajstić information content (AvgIpc) is 2.72. The molecule has 0 spiro atoms. The monoisotopic (exact) mass is 417 g/mol. The summed E-state index contributed by atoms with van der Waals surface area (Å²) in [7, 11) is 0. The number of hydrogen-bond acceptors (Lipinski definition) is 6. The second-order valence-electron chi connectivity index (χ2n) is 8.43. The zero-order valence-corrected chi connectivity index (χ0v) is 17.9. The van der Waals surface area contributed by atoms with Crippen LogP contribution in [0.25, 0.3) is 0 Å². The molecule has 8 nitrogen and oxygen atoms in total. The third kappa shape index (κ3) is 8.39.